The number of aryl methyl sites for hydroxylation is 2. The van der Waals surface area contributed by atoms with Gasteiger partial charge in [-0.05, 0) is 51.7 Å². The highest BCUT2D eigenvalue weighted by atomic mass is 16.2. The number of hydrogen-bond acceptors (Lipinski definition) is 5. The molecular formula is C22H29N7O2. The molecular weight excluding hydrogens is 394 g/mol. The summed E-state index contributed by atoms with van der Waals surface area (Å²) in [4.78, 5) is 35.5. The molecule has 164 valence electrons. The van der Waals surface area contributed by atoms with Crippen LogP contribution in [0.25, 0.3) is 0 Å². The number of benzene rings is 1. The summed E-state index contributed by atoms with van der Waals surface area (Å²) in [6.45, 7) is 6.63. The van der Waals surface area contributed by atoms with Crippen molar-refractivity contribution in [2.45, 2.75) is 52.1 Å². The molecule has 4 rings (SSSR count). The van der Waals surface area contributed by atoms with Crippen molar-refractivity contribution in [2.75, 3.05) is 19.6 Å². The lowest BCUT2D eigenvalue weighted by Crippen LogP contribution is -2.41. The van der Waals surface area contributed by atoms with Gasteiger partial charge in [-0.2, -0.15) is 5.10 Å². The molecule has 2 N–H and O–H groups in total. The molecule has 0 fully saturated rings. The van der Waals surface area contributed by atoms with Gasteiger partial charge in [0, 0.05) is 26.2 Å². The summed E-state index contributed by atoms with van der Waals surface area (Å²) in [5, 5.41) is 11.2. The molecule has 1 aromatic heterocycles. The van der Waals surface area contributed by atoms with Crippen LogP contribution < -0.4 is 10.6 Å². The molecule has 0 spiro atoms. The van der Waals surface area contributed by atoms with Crippen molar-refractivity contribution in [3.63, 3.8) is 0 Å². The molecule has 2 amide bonds. The standard InChI is InChI=1S/C22H29N7O2/c1-3-23-22(26-18-11-8-14-29-19(18)25-15(2)27-29)24-12-6-7-13-28-20(30)16-9-4-5-10-17(16)21(28)31/h4-5,9-10,18H,3,6-8,11-14H2,1-2H3,(H2,23,24,26). The minimum atomic E-state index is -0.198. The molecule has 9 heteroatoms. The number of guanidine groups is 1. The Hall–Kier alpha value is -3.23. The highest BCUT2D eigenvalue weighted by Gasteiger charge is 2.34. The van der Waals surface area contributed by atoms with E-state index in [4.69, 9.17) is 0 Å². The van der Waals surface area contributed by atoms with E-state index >= 15 is 0 Å². The van der Waals surface area contributed by atoms with E-state index in [1.807, 2.05) is 18.5 Å². The van der Waals surface area contributed by atoms with E-state index in [2.05, 4.69) is 25.7 Å². The van der Waals surface area contributed by atoms with Crippen LogP contribution in [0, 0.1) is 6.92 Å². The third-order valence-electron chi connectivity index (χ3n) is 5.57. The summed E-state index contributed by atoms with van der Waals surface area (Å²) in [6, 6.07) is 7.08. The second-order valence-electron chi connectivity index (χ2n) is 7.85. The predicted octanol–water partition coefficient (Wildman–Crippen LogP) is 2.05. The van der Waals surface area contributed by atoms with Crippen molar-refractivity contribution in [1.82, 2.24) is 30.3 Å². The number of carbonyl (C=O) groups excluding carboxylic acids is 2. The third-order valence-corrected chi connectivity index (χ3v) is 5.57. The van der Waals surface area contributed by atoms with E-state index in [1.54, 1.807) is 24.3 Å². The maximum atomic E-state index is 12.4. The van der Waals surface area contributed by atoms with Gasteiger partial charge in [0.05, 0.1) is 17.2 Å². The number of aliphatic imine (C=N–C) groups is 1. The lowest BCUT2D eigenvalue weighted by atomic mass is 10.1. The Balaban J connectivity index is 1.29. The largest absolute Gasteiger partial charge is 0.357 e. The Morgan fingerprint density at radius 3 is 2.65 bits per heavy atom. The molecule has 2 aliphatic rings. The van der Waals surface area contributed by atoms with Crippen LogP contribution >= 0.6 is 0 Å². The van der Waals surface area contributed by atoms with Crippen molar-refractivity contribution in [3.8, 4) is 0 Å². The number of aromatic nitrogens is 3. The number of nitrogens with one attached hydrogen (secondary N) is 2. The topological polar surface area (TPSA) is 105 Å². The molecule has 0 bridgehead atoms. The minimum absolute atomic E-state index is 0.0890. The summed E-state index contributed by atoms with van der Waals surface area (Å²) >= 11 is 0. The number of carbonyl (C=O) groups is 2. The van der Waals surface area contributed by atoms with Gasteiger partial charge in [-0.3, -0.25) is 19.5 Å². The van der Waals surface area contributed by atoms with Gasteiger partial charge in [0.2, 0.25) is 0 Å². The third kappa shape index (κ3) is 4.45. The molecule has 0 radical (unpaired) electrons. The Morgan fingerprint density at radius 1 is 1.19 bits per heavy atom. The molecule has 2 aliphatic heterocycles. The Bertz CT molecular complexity index is 962. The second-order valence-corrected chi connectivity index (χ2v) is 7.85. The van der Waals surface area contributed by atoms with Crippen LogP contribution in [-0.4, -0.2) is 57.1 Å². The van der Waals surface area contributed by atoms with Crippen molar-refractivity contribution in [3.05, 3.63) is 47.0 Å². The van der Waals surface area contributed by atoms with E-state index in [1.165, 1.54) is 4.90 Å². The first-order valence-electron chi connectivity index (χ1n) is 11.0. The van der Waals surface area contributed by atoms with Gasteiger partial charge >= 0.3 is 0 Å². The lowest BCUT2D eigenvalue weighted by Gasteiger charge is -2.25. The highest BCUT2D eigenvalue weighted by Crippen LogP contribution is 2.23. The minimum Gasteiger partial charge on any atom is -0.357 e. The average molecular weight is 424 g/mol. The fraction of sp³-hybridized carbons (Fsp3) is 0.500. The van der Waals surface area contributed by atoms with Crippen LogP contribution in [0.1, 0.15) is 71.0 Å². The SMILES string of the molecule is CCNC(=NCCCCN1C(=O)c2ccccc2C1=O)NC1CCCn2nc(C)nc21. The first-order valence-corrected chi connectivity index (χ1v) is 11.0. The van der Waals surface area contributed by atoms with Gasteiger partial charge in [-0.1, -0.05) is 12.1 Å². The van der Waals surface area contributed by atoms with Crippen molar-refractivity contribution in [1.29, 1.82) is 0 Å². The first-order chi connectivity index (χ1) is 15.1. The quantitative estimate of drug-likeness (QED) is 0.306. The van der Waals surface area contributed by atoms with Gasteiger partial charge in [-0.25, -0.2) is 9.67 Å². The zero-order chi connectivity index (χ0) is 21.8. The molecule has 3 heterocycles. The molecule has 1 atom stereocenters. The highest BCUT2D eigenvalue weighted by molar-refractivity contribution is 6.21. The summed E-state index contributed by atoms with van der Waals surface area (Å²) in [5.41, 5.74) is 0.999. The van der Waals surface area contributed by atoms with E-state index in [0.29, 0.717) is 30.6 Å². The van der Waals surface area contributed by atoms with Crippen molar-refractivity contribution < 1.29 is 9.59 Å². The monoisotopic (exact) mass is 423 g/mol. The van der Waals surface area contributed by atoms with Crippen LogP contribution in [-0.2, 0) is 6.54 Å². The maximum Gasteiger partial charge on any atom is 0.261 e. The van der Waals surface area contributed by atoms with Crippen molar-refractivity contribution >= 4 is 17.8 Å². The number of unbranched alkanes of at least 4 members (excludes halogenated alkanes) is 1. The smallest absolute Gasteiger partial charge is 0.261 e. The number of hydrogen-bond donors (Lipinski definition) is 2. The number of rotatable bonds is 7. The summed E-state index contributed by atoms with van der Waals surface area (Å²) in [7, 11) is 0. The normalized spacial score (nSPS) is 18.2. The summed E-state index contributed by atoms with van der Waals surface area (Å²) in [6.07, 6.45) is 3.53. The zero-order valence-corrected chi connectivity index (χ0v) is 18.1. The summed E-state index contributed by atoms with van der Waals surface area (Å²) in [5.74, 6) is 2.10. The number of amides is 2. The van der Waals surface area contributed by atoms with Gasteiger partial charge < -0.3 is 10.6 Å². The van der Waals surface area contributed by atoms with E-state index in [-0.39, 0.29) is 17.9 Å². The Kier molecular flexibility index (Phi) is 6.29. The van der Waals surface area contributed by atoms with Gasteiger partial charge in [0.25, 0.3) is 11.8 Å². The first kappa shape index (κ1) is 21.0. The fourth-order valence-corrected chi connectivity index (χ4v) is 4.10. The van der Waals surface area contributed by atoms with E-state index in [0.717, 1.165) is 50.0 Å². The molecule has 0 saturated heterocycles. The lowest BCUT2D eigenvalue weighted by molar-refractivity contribution is 0.0652. The van der Waals surface area contributed by atoms with Gasteiger partial charge in [-0.15, -0.1) is 0 Å². The number of fused-ring (bicyclic) bond motifs is 2. The molecule has 31 heavy (non-hydrogen) atoms. The van der Waals surface area contributed by atoms with E-state index in [9.17, 15) is 9.59 Å². The van der Waals surface area contributed by atoms with Crippen LogP contribution in [0.4, 0.5) is 0 Å². The molecule has 2 aromatic rings. The van der Waals surface area contributed by atoms with E-state index < -0.39 is 0 Å². The van der Waals surface area contributed by atoms with Gasteiger partial charge in [0.15, 0.2) is 5.96 Å². The predicted molar refractivity (Wildman–Crippen MR) is 117 cm³/mol. The Labute approximate surface area is 181 Å². The molecule has 1 unspecified atom stereocenters. The van der Waals surface area contributed by atoms with Gasteiger partial charge in [0.1, 0.15) is 11.6 Å². The van der Waals surface area contributed by atoms with Crippen molar-refractivity contribution in [2.24, 2.45) is 4.99 Å². The van der Waals surface area contributed by atoms with Crippen LogP contribution in [0.5, 0.6) is 0 Å². The van der Waals surface area contributed by atoms with Crippen LogP contribution in [0.15, 0.2) is 29.3 Å². The molecule has 0 saturated carbocycles. The zero-order valence-electron chi connectivity index (χ0n) is 18.1. The average Bonchev–Trinajstić information content (AvgIpc) is 3.26. The Morgan fingerprint density at radius 2 is 1.94 bits per heavy atom. The molecule has 0 aliphatic carbocycles. The number of imide groups is 1. The molecule has 1 aromatic carbocycles. The fourth-order valence-electron chi connectivity index (χ4n) is 4.10. The second kappa shape index (κ2) is 9.28. The maximum absolute atomic E-state index is 12.4. The molecule has 9 nitrogen and oxygen atoms in total. The number of nitrogens with zero attached hydrogens (tertiary/aromatic N) is 5. The van der Waals surface area contributed by atoms with Crippen LogP contribution in [0.3, 0.4) is 0 Å². The van der Waals surface area contributed by atoms with Crippen LogP contribution in [0.2, 0.25) is 0 Å². The summed E-state index contributed by atoms with van der Waals surface area (Å²) < 4.78 is 1.97.